The van der Waals surface area contributed by atoms with Crippen LogP contribution in [-0.4, -0.2) is 42.7 Å². The molecule has 7 heteroatoms. The average Bonchev–Trinajstić information content (AvgIpc) is 2.71. The Morgan fingerprint density at radius 2 is 1.97 bits per heavy atom. The summed E-state index contributed by atoms with van der Waals surface area (Å²) in [5.41, 5.74) is 1.87. The molecule has 0 N–H and O–H groups in total. The van der Waals surface area contributed by atoms with Crippen LogP contribution >= 0.6 is 0 Å². The third kappa shape index (κ3) is 7.00. The first-order chi connectivity index (χ1) is 15.1. The van der Waals surface area contributed by atoms with E-state index in [4.69, 9.17) is 14.2 Å². The van der Waals surface area contributed by atoms with E-state index in [9.17, 15) is 13.6 Å². The third-order valence-electron chi connectivity index (χ3n) is 5.20. The third-order valence-corrected chi connectivity index (χ3v) is 5.20. The molecule has 2 aromatic rings. The van der Waals surface area contributed by atoms with Gasteiger partial charge in [-0.1, -0.05) is 6.07 Å². The van der Waals surface area contributed by atoms with Crippen LogP contribution in [-0.2, 0) is 20.9 Å². The Bertz CT molecular complexity index is 942. The van der Waals surface area contributed by atoms with Crippen LogP contribution in [0, 0.1) is 18.6 Å². The molecule has 1 unspecified atom stereocenters. The molecule has 0 spiro atoms. The van der Waals surface area contributed by atoms with Crippen molar-refractivity contribution < 1.29 is 27.8 Å². The zero-order valence-electron chi connectivity index (χ0n) is 19.1. The maximum atomic E-state index is 13.8. The molecule has 1 heterocycles. The number of morpholine rings is 1. The predicted octanol–water partition coefficient (Wildman–Crippen LogP) is 4.96. The first kappa shape index (κ1) is 24.1. The lowest BCUT2D eigenvalue weighted by Gasteiger charge is -2.33. The number of hydrogen-bond donors (Lipinski definition) is 0. The van der Waals surface area contributed by atoms with E-state index in [1.807, 2.05) is 45.9 Å². The Morgan fingerprint density at radius 3 is 2.66 bits per heavy atom. The second-order valence-corrected chi connectivity index (χ2v) is 9.04. The highest BCUT2D eigenvalue weighted by atomic mass is 19.1. The summed E-state index contributed by atoms with van der Waals surface area (Å²) in [5, 5.41) is 0. The number of halogens is 2. The monoisotopic (exact) mass is 447 g/mol. The van der Waals surface area contributed by atoms with Crippen molar-refractivity contribution in [2.45, 2.75) is 52.4 Å². The quantitative estimate of drug-likeness (QED) is 0.562. The fraction of sp³-hybridized carbons (Fsp3) is 0.480. The molecule has 1 aliphatic heterocycles. The van der Waals surface area contributed by atoms with Gasteiger partial charge in [0, 0.05) is 31.3 Å². The molecule has 174 valence electrons. The summed E-state index contributed by atoms with van der Waals surface area (Å²) >= 11 is 0. The van der Waals surface area contributed by atoms with Crippen LogP contribution < -0.4 is 4.74 Å². The molecular formula is C25H31F2NO4. The standard InChI is InChI=1S/C25H31F2NO4/c1-17-13-20(31-16-18-5-6-19(26)14-22(18)27)7-8-21(17)23-15-28(11-12-30-23)10-9-24(29)32-25(2,3)4/h5-8,13-14,23H,9-12,15-16H2,1-4H3. The Balaban J connectivity index is 1.56. The zero-order chi connectivity index (χ0) is 23.3. The molecule has 0 radical (unpaired) electrons. The van der Waals surface area contributed by atoms with Crippen molar-refractivity contribution in [3.63, 3.8) is 0 Å². The summed E-state index contributed by atoms with van der Waals surface area (Å²) in [6.45, 7) is 10.2. The molecule has 1 fully saturated rings. The van der Waals surface area contributed by atoms with Crippen LogP contribution in [0.1, 0.15) is 50.0 Å². The topological polar surface area (TPSA) is 48.0 Å². The van der Waals surface area contributed by atoms with E-state index in [2.05, 4.69) is 4.90 Å². The summed E-state index contributed by atoms with van der Waals surface area (Å²) in [5.74, 6) is -0.831. The number of carbonyl (C=O) groups is 1. The Kier molecular flexibility index (Phi) is 7.85. The van der Waals surface area contributed by atoms with Crippen LogP contribution in [0.15, 0.2) is 36.4 Å². The van der Waals surface area contributed by atoms with Gasteiger partial charge in [-0.15, -0.1) is 0 Å². The molecule has 32 heavy (non-hydrogen) atoms. The minimum Gasteiger partial charge on any atom is -0.489 e. The lowest BCUT2D eigenvalue weighted by Crippen LogP contribution is -2.40. The van der Waals surface area contributed by atoms with Crippen LogP contribution in [0.2, 0.25) is 0 Å². The smallest absolute Gasteiger partial charge is 0.307 e. The minimum atomic E-state index is -0.625. The van der Waals surface area contributed by atoms with Gasteiger partial charge >= 0.3 is 5.97 Å². The minimum absolute atomic E-state index is 0.0171. The molecule has 0 saturated carbocycles. The number of carbonyl (C=O) groups excluding carboxylic acids is 1. The number of benzene rings is 2. The molecule has 0 bridgehead atoms. The summed E-state index contributed by atoms with van der Waals surface area (Å²) in [4.78, 5) is 14.2. The van der Waals surface area contributed by atoms with Crippen molar-refractivity contribution in [2.75, 3.05) is 26.2 Å². The highest BCUT2D eigenvalue weighted by molar-refractivity contribution is 5.70. The van der Waals surface area contributed by atoms with E-state index >= 15 is 0 Å². The van der Waals surface area contributed by atoms with Crippen LogP contribution in [0.3, 0.4) is 0 Å². The van der Waals surface area contributed by atoms with E-state index in [-0.39, 0.29) is 18.7 Å². The second kappa shape index (κ2) is 10.4. The van der Waals surface area contributed by atoms with Gasteiger partial charge in [0.1, 0.15) is 29.6 Å². The summed E-state index contributed by atoms with van der Waals surface area (Å²) < 4.78 is 43.9. The average molecular weight is 448 g/mol. The van der Waals surface area contributed by atoms with E-state index in [0.717, 1.165) is 23.7 Å². The fourth-order valence-corrected chi connectivity index (χ4v) is 3.63. The molecule has 3 rings (SSSR count). The SMILES string of the molecule is Cc1cc(OCc2ccc(F)cc2F)ccc1C1CN(CCC(=O)OC(C)(C)C)CCO1. The highest BCUT2D eigenvalue weighted by Crippen LogP contribution is 2.28. The van der Waals surface area contributed by atoms with Gasteiger partial charge in [0.2, 0.25) is 0 Å². The summed E-state index contributed by atoms with van der Waals surface area (Å²) in [6.07, 6.45) is 0.237. The van der Waals surface area contributed by atoms with E-state index in [1.54, 1.807) is 0 Å². The van der Waals surface area contributed by atoms with Crippen molar-refractivity contribution in [2.24, 2.45) is 0 Å². The largest absolute Gasteiger partial charge is 0.489 e. The Labute approximate surface area is 188 Å². The number of nitrogens with zero attached hydrogens (tertiary/aromatic N) is 1. The van der Waals surface area contributed by atoms with Gasteiger partial charge in [-0.25, -0.2) is 8.78 Å². The Morgan fingerprint density at radius 1 is 1.19 bits per heavy atom. The first-order valence-electron chi connectivity index (χ1n) is 10.8. The molecule has 0 aromatic heterocycles. The molecule has 2 aromatic carbocycles. The van der Waals surface area contributed by atoms with Crippen LogP contribution in [0.5, 0.6) is 5.75 Å². The van der Waals surface area contributed by atoms with E-state index in [1.165, 1.54) is 12.1 Å². The van der Waals surface area contributed by atoms with Gasteiger partial charge in [0.05, 0.1) is 19.1 Å². The lowest BCUT2D eigenvalue weighted by atomic mass is 10.0. The van der Waals surface area contributed by atoms with Crippen molar-refractivity contribution in [3.05, 3.63) is 64.7 Å². The highest BCUT2D eigenvalue weighted by Gasteiger charge is 2.25. The number of rotatable bonds is 7. The van der Waals surface area contributed by atoms with Gasteiger partial charge in [-0.3, -0.25) is 9.69 Å². The van der Waals surface area contributed by atoms with E-state index in [0.29, 0.717) is 37.4 Å². The maximum Gasteiger partial charge on any atom is 0.307 e. The van der Waals surface area contributed by atoms with Gasteiger partial charge in [0.25, 0.3) is 0 Å². The lowest BCUT2D eigenvalue weighted by molar-refractivity contribution is -0.155. The van der Waals surface area contributed by atoms with Crippen molar-refractivity contribution >= 4 is 5.97 Å². The molecule has 5 nitrogen and oxygen atoms in total. The molecule has 1 saturated heterocycles. The number of ether oxygens (including phenoxy) is 3. The number of esters is 1. The number of hydrogen-bond acceptors (Lipinski definition) is 5. The van der Waals surface area contributed by atoms with Crippen LogP contribution in [0.4, 0.5) is 8.78 Å². The summed E-state index contributed by atoms with van der Waals surface area (Å²) in [6, 6.07) is 9.11. The normalized spacial score (nSPS) is 17.2. The molecule has 0 aliphatic carbocycles. The summed E-state index contributed by atoms with van der Waals surface area (Å²) in [7, 11) is 0. The number of aryl methyl sites for hydroxylation is 1. The van der Waals surface area contributed by atoms with Gasteiger partial charge in [-0.05, 0) is 63.1 Å². The van der Waals surface area contributed by atoms with Gasteiger partial charge in [-0.2, -0.15) is 0 Å². The van der Waals surface area contributed by atoms with Crippen LogP contribution in [0.25, 0.3) is 0 Å². The van der Waals surface area contributed by atoms with E-state index < -0.39 is 17.2 Å². The van der Waals surface area contributed by atoms with Gasteiger partial charge < -0.3 is 14.2 Å². The van der Waals surface area contributed by atoms with Crippen molar-refractivity contribution in [1.82, 2.24) is 4.90 Å². The zero-order valence-corrected chi connectivity index (χ0v) is 19.1. The van der Waals surface area contributed by atoms with Crippen molar-refractivity contribution in [1.29, 1.82) is 0 Å². The maximum absolute atomic E-state index is 13.8. The molecule has 1 aliphatic rings. The molecular weight excluding hydrogens is 416 g/mol. The van der Waals surface area contributed by atoms with Gasteiger partial charge in [0.15, 0.2) is 0 Å². The van der Waals surface area contributed by atoms with Crippen molar-refractivity contribution in [3.8, 4) is 5.75 Å². The second-order valence-electron chi connectivity index (χ2n) is 9.04. The fourth-order valence-electron chi connectivity index (χ4n) is 3.63. The predicted molar refractivity (Wildman–Crippen MR) is 117 cm³/mol. The first-order valence-corrected chi connectivity index (χ1v) is 10.8. The molecule has 0 amide bonds. The molecule has 1 atom stereocenters. The Hall–Kier alpha value is -2.51.